The summed E-state index contributed by atoms with van der Waals surface area (Å²) in [6, 6.07) is 9.45. The molecule has 4 aliphatic rings. The number of hydrogen-bond donors (Lipinski definition) is 2. The minimum absolute atomic E-state index is 0.0322. The van der Waals surface area contributed by atoms with E-state index in [2.05, 4.69) is 18.1 Å². The maximum atomic E-state index is 13.9. The SMILES string of the molecule is C[C@]12Cc3cnn(-c4ccc(F)cc4)c3C=C1CC[C@@H]1[C@@H]2[C@@H](O)C[C@@]2(C)[C@H]1CC[C@]2(OC(=O)c1ccco1)C(=O)SCCO. The summed E-state index contributed by atoms with van der Waals surface area (Å²) >= 11 is 0.990. The van der Waals surface area contributed by atoms with E-state index in [1.54, 1.807) is 18.2 Å². The Morgan fingerprint density at radius 2 is 2.00 bits per heavy atom. The van der Waals surface area contributed by atoms with E-state index < -0.39 is 23.1 Å². The number of thioether (sulfide) groups is 1. The molecule has 0 amide bonds. The molecule has 0 aliphatic heterocycles. The van der Waals surface area contributed by atoms with Crippen molar-refractivity contribution in [2.24, 2.45) is 28.6 Å². The lowest BCUT2D eigenvalue weighted by Gasteiger charge is -2.60. The normalized spacial score (nSPS) is 33.9. The van der Waals surface area contributed by atoms with Gasteiger partial charge in [0.2, 0.25) is 10.9 Å². The molecule has 0 saturated heterocycles. The molecule has 7 atom stereocenters. The highest BCUT2D eigenvalue weighted by molar-refractivity contribution is 8.13. The molecule has 44 heavy (non-hydrogen) atoms. The van der Waals surface area contributed by atoms with Crippen LogP contribution >= 0.6 is 11.8 Å². The number of benzene rings is 1. The molecule has 1 aromatic carbocycles. The lowest BCUT2D eigenvalue weighted by molar-refractivity contribution is -0.175. The van der Waals surface area contributed by atoms with E-state index in [4.69, 9.17) is 9.15 Å². The molecule has 232 valence electrons. The van der Waals surface area contributed by atoms with E-state index in [1.165, 1.54) is 30.0 Å². The Kier molecular flexibility index (Phi) is 7.18. The second kappa shape index (κ2) is 10.7. The van der Waals surface area contributed by atoms with Gasteiger partial charge in [0, 0.05) is 11.2 Å². The first-order chi connectivity index (χ1) is 21.1. The second-order valence-corrected chi connectivity index (χ2v) is 14.4. The number of aromatic nitrogens is 2. The molecule has 8 nitrogen and oxygen atoms in total. The van der Waals surface area contributed by atoms with Gasteiger partial charge in [0.05, 0.1) is 36.6 Å². The topological polar surface area (TPSA) is 115 Å². The van der Waals surface area contributed by atoms with E-state index in [0.717, 1.165) is 48.0 Å². The summed E-state index contributed by atoms with van der Waals surface area (Å²) in [5.74, 6) is -0.610. The molecule has 3 fully saturated rings. The van der Waals surface area contributed by atoms with Gasteiger partial charge in [-0.2, -0.15) is 5.10 Å². The van der Waals surface area contributed by atoms with Crippen molar-refractivity contribution < 1.29 is 33.3 Å². The number of ether oxygens (including phenoxy) is 1. The molecule has 2 heterocycles. The van der Waals surface area contributed by atoms with Crippen molar-refractivity contribution >= 4 is 28.9 Å². The molecule has 7 rings (SSSR count). The van der Waals surface area contributed by atoms with Gasteiger partial charge in [-0.15, -0.1) is 0 Å². The van der Waals surface area contributed by atoms with Gasteiger partial charge in [0.25, 0.3) is 0 Å². The number of carbonyl (C=O) groups is 2. The summed E-state index contributed by atoms with van der Waals surface area (Å²) in [6.45, 7) is 4.09. The molecular formula is C34H37FN2O6S. The van der Waals surface area contributed by atoms with Crippen LogP contribution < -0.4 is 0 Å². The van der Waals surface area contributed by atoms with Crippen molar-refractivity contribution in [3.05, 3.63) is 77.3 Å². The van der Waals surface area contributed by atoms with Crippen LogP contribution in [0.25, 0.3) is 11.8 Å². The molecule has 0 unspecified atom stereocenters. The smallest absolute Gasteiger partial charge is 0.375 e. The van der Waals surface area contributed by atoms with Gasteiger partial charge >= 0.3 is 5.97 Å². The Bertz CT molecular complexity index is 1620. The van der Waals surface area contributed by atoms with Crippen molar-refractivity contribution in [3.63, 3.8) is 0 Å². The minimum atomic E-state index is -1.44. The molecule has 4 aliphatic carbocycles. The van der Waals surface area contributed by atoms with E-state index in [9.17, 15) is 24.2 Å². The number of hydrogen-bond acceptors (Lipinski definition) is 8. The van der Waals surface area contributed by atoms with Crippen LogP contribution in [0.15, 0.2) is 58.8 Å². The first-order valence-electron chi connectivity index (χ1n) is 15.4. The molecule has 10 heteroatoms. The summed E-state index contributed by atoms with van der Waals surface area (Å²) in [5, 5.41) is 26.0. The average Bonchev–Trinajstić information content (AvgIpc) is 3.73. The highest BCUT2D eigenvalue weighted by atomic mass is 32.2. The number of furan rings is 1. The third-order valence-electron chi connectivity index (χ3n) is 11.3. The van der Waals surface area contributed by atoms with Gasteiger partial charge < -0.3 is 19.4 Å². The predicted molar refractivity (Wildman–Crippen MR) is 162 cm³/mol. The van der Waals surface area contributed by atoms with Gasteiger partial charge in [-0.3, -0.25) is 4.79 Å². The van der Waals surface area contributed by atoms with Gasteiger partial charge in [0.15, 0.2) is 5.60 Å². The molecule has 0 radical (unpaired) electrons. The molecular weight excluding hydrogens is 583 g/mol. The predicted octanol–water partition coefficient (Wildman–Crippen LogP) is 5.61. The van der Waals surface area contributed by atoms with Crippen LogP contribution in [-0.4, -0.2) is 55.1 Å². The minimum Gasteiger partial charge on any atom is -0.457 e. The van der Waals surface area contributed by atoms with E-state index >= 15 is 0 Å². The lowest BCUT2D eigenvalue weighted by Crippen LogP contribution is -2.62. The third-order valence-corrected chi connectivity index (χ3v) is 12.2. The quantitative estimate of drug-likeness (QED) is 0.342. The Morgan fingerprint density at radius 3 is 2.73 bits per heavy atom. The molecule has 3 aromatic rings. The Balaban J connectivity index is 1.22. The summed E-state index contributed by atoms with van der Waals surface area (Å²) < 4.78 is 27.0. The van der Waals surface area contributed by atoms with Gasteiger partial charge in [-0.05, 0) is 110 Å². The zero-order chi connectivity index (χ0) is 30.9. The van der Waals surface area contributed by atoms with E-state index in [0.29, 0.717) is 19.3 Å². The largest absolute Gasteiger partial charge is 0.457 e. The zero-order valence-corrected chi connectivity index (χ0v) is 25.7. The summed E-state index contributed by atoms with van der Waals surface area (Å²) in [7, 11) is 0. The molecule has 0 spiro atoms. The van der Waals surface area contributed by atoms with Crippen LogP contribution in [0.3, 0.4) is 0 Å². The van der Waals surface area contributed by atoms with Crippen LogP contribution in [0.2, 0.25) is 0 Å². The van der Waals surface area contributed by atoms with Crippen LogP contribution in [0.1, 0.15) is 67.8 Å². The highest BCUT2D eigenvalue weighted by Crippen LogP contribution is 2.69. The van der Waals surface area contributed by atoms with E-state index in [1.807, 2.05) is 17.8 Å². The van der Waals surface area contributed by atoms with Crippen molar-refractivity contribution in [2.75, 3.05) is 12.4 Å². The molecule has 0 bridgehead atoms. The van der Waals surface area contributed by atoms with E-state index in [-0.39, 0.29) is 52.2 Å². The van der Waals surface area contributed by atoms with Crippen LogP contribution in [-0.2, 0) is 16.0 Å². The van der Waals surface area contributed by atoms with Crippen LogP contribution in [0, 0.1) is 34.4 Å². The summed E-state index contributed by atoms with van der Waals surface area (Å²) in [6.07, 6.45) is 8.57. The standard InChI is InChI=1S/C34H37FN2O6S/c1-32-17-20-19-36-37(23-8-6-22(35)7-9-23)26(20)16-21(32)5-10-24-25-11-12-34(31(41)44-15-13-38,33(25,2)18-27(39)29(24)32)43-30(40)28-4-3-14-42-28/h3-4,6-9,14,16,19,24-25,27,29,38-39H,5,10-13,15,17-18H2,1-2H3/t24-,25-,27-,29+,32-,33-,34-/m0/s1. The second-order valence-electron chi connectivity index (χ2n) is 13.3. The number of aliphatic hydroxyl groups excluding tert-OH is 2. The fourth-order valence-electron chi connectivity index (χ4n) is 9.36. The van der Waals surface area contributed by atoms with Crippen molar-refractivity contribution in [1.29, 1.82) is 0 Å². The molecule has 2 N–H and O–H groups in total. The molecule has 3 saturated carbocycles. The molecule has 2 aromatic heterocycles. The first-order valence-corrected chi connectivity index (χ1v) is 16.4. The highest BCUT2D eigenvalue weighted by Gasteiger charge is 2.70. The number of aliphatic hydroxyl groups is 2. The lowest BCUT2D eigenvalue weighted by atomic mass is 9.45. The van der Waals surface area contributed by atoms with Gasteiger partial charge in [-0.1, -0.05) is 31.2 Å². The monoisotopic (exact) mass is 620 g/mol. The van der Waals surface area contributed by atoms with Crippen molar-refractivity contribution in [3.8, 4) is 5.69 Å². The van der Waals surface area contributed by atoms with Crippen LogP contribution in [0.5, 0.6) is 0 Å². The van der Waals surface area contributed by atoms with Crippen molar-refractivity contribution in [2.45, 2.75) is 64.1 Å². The number of esters is 1. The number of nitrogens with zero attached hydrogens (tertiary/aromatic N) is 2. The zero-order valence-electron chi connectivity index (χ0n) is 24.9. The first kappa shape index (κ1) is 29.5. The van der Waals surface area contributed by atoms with Gasteiger partial charge in [-0.25, -0.2) is 13.9 Å². The third kappa shape index (κ3) is 4.28. The number of rotatable bonds is 6. The number of halogens is 1. The number of fused-ring (bicyclic) bond motifs is 6. The maximum Gasteiger partial charge on any atom is 0.375 e. The number of allylic oxidation sites excluding steroid dienone is 1. The maximum absolute atomic E-state index is 13.9. The van der Waals surface area contributed by atoms with Gasteiger partial charge in [0.1, 0.15) is 5.82 Å². The Morgan fingerprint density at radius 1 is 1.20 bits per heavy atom. The number of carbonyl (C=O) groups excluding carboxylic acids is 2. The Hall–Kier alpha value is -3.21. The fourth-order valence-corrected chi connectivity index (χ4v) is 10.3. The summed E-state index contributed by atoms with van der Waals surface area (Å²) in [4.78, 5) is 27.2. The fraction of sp³-hybridized carbons (Fsp3) is 0.500. The average molecular weight is 621 g/mol. The summed E-state index contributed by atoms with van der Waals surface area (Å²) in [5.41, 5.74) is 1.62. The Labute approximate surface area is 259 Å². The van der Waals surface area contributed by atoms with Crippen molar-refractivity contribution in [1.82, 2.24) is 9.78 Å². The van der Waals surface area contributed by atoms with Crippen LogP contribution in [0.4, 0.5) is 4.39 Å².